The number of carboxylic acids is 1. The third-order valence-corrected chi connectivity index (χ3v) is 4.57. The highest BCUT2D eigenvalue weighted by molar-refractivity contribution is 5.84. The summed E-state index contributed by atoms with van der Waals surface area (Å²) < 4.78 is 0. The minimum atomic E-state index is -0.870. The molecule has 1 aliphatic rings. The summed E-state index contributed by atoms with van der Waals surface area (Å²) in [5.74, 6) is -1.80. The van der Waals surface area contributed by atoms with Gasteiger partial charge in [-0.2, -0.15) is 0 Å². The van der Waals surface area contributed by atoms with Crippen LogP contribution in [-0.4, -0.2) is 58.9 Å². The molecule has 2 atom stereocenters. The number of hydrogen-bond acceptors (Lipinski definition) is 3. The van der Waals surface area contributed by atoms with Gasteiger partial charge >= 0.3 is 5.97 Å². The number of nitrogens with zero attached hydrogens (tertiary/aromatic N) is 2. The van der Waals surface area contributed by atoms with Crippen molar-refractivity contribution < 1.29 is 19.5 Å². The van der Waals surface area contributed by atoms with E-state index in [2.05, 4.69) is 0 Å². The predicted molar refractivity (Wildman–Crippen MR) is 89.3 cm³/mol. The molecule has 1 heterocycles. The summed E-state index contributed by atoms with van der Waals surface area (Å²) in [6.45, 7) is 4.41. The molecular formula is C18H24N2O4. The summed E-state index contributed by atoms with van der Waals surface area (Å²) in [6.07, 6.45) is 0.682. The van der Waals surface area contributed by atoms with E-state index in [0.29, 0.717) is 19.5 Å². The summed E-state index contributed by atoms with van der Waals surface area (Å²) in [5, 5.41) is 9.16. The summed E-state index contributed by atoms with van der Waals surface area (Å²) in [7, 11) is 0. The molecule has 0 unspecified atom stereocenters. The molecule has 0 aromatic heterocycles. The van der Waals surface area contributed by atoms with E-state index >= 15 is 0 Å². The fraction of sp³-hybridized carbons (Fsp3) is 0.500. The van der Waals surface area contributed by atoms with Crippen LogP contribution in [0.15, 0.2) is 30.3 Å². The fourth-order valence-electron chi connectivity index (χ4n) is 3.01. The van der Waals surface area contributed by atoms with Gasteiger partial charge in [-0.1, -0.05) is 37.3 Å². The molecule has 2 amide bonds. The van der Waals surface area contributed by atoms with Crippen LogP contribution >= 0.6 is 0 Å². The molecule has 130 valence electrons. The number of carboxylic acid groups (broad SMARTS) is 1. The zero-order valence-electron chi connectivity index (χ0n) is 14.1. The maximum Gasteiger partial charge on any atom is 0.308 e. The standard InChI is InChI=1S/C18H24N2O4/c1-13-10-20(11-16(13)18(23)24)17(22)12-19(14(2)21)9-8-15-6-4-3-5-7-15/h3-7,13,16H,8-12H2,1-2H3,(H,23,24)/t13-,16-/m1/s1. The van der Waals surface area contributed by atoms with Crippen LogP contribution in [0.2, 0.25) is 0 Å². The van der Waals surface area contributed by atoms with Crippen LogP contribution in [0.25, 0.3) is 0 Å². The maximum atomic E-state index is 12.4. The van der Waals surface area contributed by atoms with E-state index in [4.69, 9.17) is 5.11 Å². The fourth-order valence-corrected chi connectivity index (χ4v) is 3.01. The van der Waals surface area contributed by atoms with E-state index in [1.807, 2.05) is 37.3 Å². The van der Waals surface area contributed by atoms with Crippen molar-refractivity contribution >= 4 is 17.8 Å². The monoisotopic (exact) mass is 332 g/mol. The van der Waals surface area contributed by atoms with Crippen molar-refractivity contribution in [3.05, 3.63) is 35.9 Å². The molecule has 1 aliphatic heterocycles. The van der Waals surface area contributed by atoms with Crippen molar-refractivity contribution in [3.8, 4) is 0 Å². The first-order valence-corrected chi connectivity index (χ1v) is 8.18. The van der Waals surface area contributed by atoms with Crippen molar-refractivity contribution in [2.24, 2.45) is 11.8 Å². The highest BCUT2D eigenvalue weighted by Gasteiger charge is 2.37. The molecule has 6 nitrogen and oxygen atoms in total. The Morgan fingerprint density at radius 2 is 1.88 bits per heavy atom. The second-order valence-electron chi connectivity index (χ2n) is 6.40. The zero-order chi connectivity index (χ0) is 17.7. The van der Waals surface area contributed by atoms with Gasteiger partial charge in [0.2, 0.25) is 11.8 Å². The van der Waals surface area contributed by atoms with Crippen LogP contribution in [0.4, 0.5) is 0 Å². The molecule has 0 aliphatic carbocycles. The third kappa shape index (κ3) is 4.57. The van der Waals surface area contributed by atoms with Crippen LogP contribution in [-0.2, 0) is 20.8 Å². The Morgan fingerprint density at radius 1 is 1.21 bits per heavy atom. The second kappa shape index (κ2) is 7.95. The molecule has 0 radical (unpaired) electrons. The molecule has 1 N–H and O–H groups in total. The first-order chi connectivity index (χ1) is 11.4. The van der Waals surface area contributed by atoms with Gasteiger partial charge < -0.3 is 14.9 Å². The van der Waals surface area contributed by atoms with Gasteiger partial charge in [0, 0.05) is 26.6 Å². The first kappa shape index (κ1) is 18.0. The molecule has 24 heavy (non-hydrogen) atoms. The van der Waals surface area contributed by atoms with Crippen molar-refractivity contribution in [3.63, 3.8) is 0 Å². The first-order valence-electron chi connectivity index (χ1n) is 8.18. The number of aliphatic carboxylic acids is 1. The van der Waals surface area contributed by atoms with E-state index in [0.717, 1.165) is 5.56 Å². The predicted octanol–water partition coefficient (Wildman–Crippen LogP) is 1.26. The average molecular weight is 332 g/mol. The Morgan fingerprint density at radius 3 is 2.42 bits per heavy atom. The van der Waals surface area contributed by atoms with Gasteiger partial charge in [-0.25, -0.2) is 0 Å². The van der Waals surface area contributed by atoms with Crippen LogP contribution in [0.5, 0.6) is 0 Å². The van der Waals surface area contributed by atoms with Crippen molar-refractivity contribution in [2.75, 3.05) is 26.2 Å². The van der Waals surface area contributed by atoms with E-state index < -0.39 is 11.9 Å². The molecule has 1 fully saturated rings. The average Bonchev–Trinajstić information content (AvgIpc) is 2.94. The zero-order valence-corrected chi connectivity index (χ0v) is 14.1. The van der Waals surface area contributed by atoms with E-state index in [9.17, 15) is 14.4 Å². The molecule has 1 aromatic rings. The molecular weight excluding hydrogens is 308 g/mol. The van der Waals surface area contributed by atoms with Gasteiger partial charge in [-0.3, -0.25) is 14.4 Å². The Bertz CT molecular complexity index is 602. The van der Waals surface area contributed by atoms with Crippen LogP contribution in [0.3, 0.4) is 0 Å². The van der Waals surface area contributed by atoms with Gasteiger partial charge in [0.05, 0.1) is 12.5 Å². The van der Waals surface area contributed by atoms with Gasteiger partial charge in [0.25, 0.3) is 0 Å². The van der Waals surface area contributed by atoms with Crippen molar-refractivity contribution in [1.29, 1.82) is 0 Å². The molecule has 1 aromatic carbocycles. The Balaban J connectivity index is 1.92. The third-order valence-electron chi connectivity index (χ3n) is 4.57. The lowest BCUT2D eigenvalue weighted by molar-refractivity contribution is -0.143. The molecule has 2 rings (SSSR count). The number of amides is 2. The smallest absolute Gasteiger partial charge is 0.308 e. The minimum Gasteiger partial charge on any atom is -0.481 e. The summed E-state index contributed by atoms with van der Waals surface area (Å²) >= 11 is 0. The summed E-state index contributed by atoms with van der Waals surface area (Å²) in [5.41, 5.74) is 1.11. The van der Waals surface area contributed by atoms with Gasteiger partial charge in [0.1, 0.15) is 0 Å². The molecule has 1 saturated heterocycles. The Kier molecular flexibility index (Phi) is 5.95. The molecule has 0 saturated carbocycles. The number of carbonyl (C=O) groups excluding carboxylic acids is 2. The van der Waals surface area contributed by atoms with Crippen LogP contribution in [0.1, 0.15) is 19.4 Å². The summed E-state index contributed by atoms with van der Waals surface area (Å²) in [6, 6.07) is 9.79. The van der Waals surface area contributed by atoms with E-state index in [-0.39, 0.29) is 30.8 Å². The number of likely N-dealkylation sites (tertiary alicyclic amines) is 1. The topological polar surface area (TPSA) is 77.9 Å². The normalized spacial score (nSPS) is 20.0. The maximum absolute atomic E-state index is 12.4. The minimum absolute atomic E-state index is 0.00122. The Labute approximate surface area is 142 Å². The lowest BCUT2D eigenvalue weighted by Gasteiger charge is -2.24. The van der Waals surface area contributed by atoms with Gasteiger partial charge in [-0.15, -0.1) is 0 Å². The highest BCUT2D eigenvalue weighted by atomic mass is 16.4. The number of rotatable bonds is 6. The number of benzene rings is 1. The van der Waals surface area contributed by atoms with Crippen molar-refractivity contribution in [1.82, 2.24) is 9.80 Å². The lowest BCUT2D eigenvalue weighted by Crippen LogP contribution is -2.42. The number of hydrogen-bond donors (Lipinski definition) is 1. The quantitative estimate of drug-likeness (QED) is 0.851. The van der Waals surface area contributed by atoms with Gasteiger partial charge in [0.15, 0.2) is 0 Å². The largest absolute Gasteiger partial charge is 0.481 e. The second-order valence-corrected chi connectivity index (χ2v) is 6.40. The Hall–Kier alpha value is -2.37. The van der Waals surface area contributed by atoms with Crippen LogP contribution in [0, 0.1) is 11.8 Å². The summed E-state index contributed by atoms with van der Waals surface area (Å²) in [4.78, 5) is 38.5. The SMILES string of the molecule is CC(=O)N(CCc1ccccc1)CC(=O)N1C[C@@H](C)[C@H](C(=O)O)C1. The van der Waals surface area contributed by atoms with Gasteiger partial charge in [-0.05, 0) is 17.9 Å². The lowest BCUT2D eigenvalue weighted by atomic mass is 9.99. The molecule has 0 spiro atoms. The van der Waals surface area contributed by atoms with E-state index in [1.165, 1.54) is 11.8 Å². The number of carbonyl (C=O) groups is 3. The molecule has 6 heteroatoms. The molecule has 0 bridgehead atoms. The van der Waals surface area contributed by atoms with E-state index in [1.54, 1.807) is 4.90 Å². The van der Waals surface area contributed by atoms with Crippen LogP contribution < -0.4 is 0 Å². The van der Waals surface area contributed by atoms with Crippen molar-refractivity contribution in [2.45, 2.75) is 20.3 Å². The highest BCUT2D eigenvalue weighted by Crippen LogP contribution is 2.23.